The molecule has 238 valence electrons. The monoisotopic (exact) mass is 610 g/mol. The van der Waals surface area contributed by atoms with Crippen molar-refractivity contribution >= 4 is 34.8 Å². The van der Waals surface area contributed by atoms with Crippen LogP contribution >= 0.6 is 0 Å². The van der Waals surface area contributed by atoms with E-state index >= 15 is 0 Å². The maximum atomic E-state index is 14.3. The smallest absolute Gasteiger partial charge is 0.253 e. The average molecular weight is 611 g/mol. The van der Waals surface area contributed by atoms with Crippen molar-refractivity contribution in [2.24, 2.45) is 5.92 Å². The van der Waals surface area contributed by atoms with Crippen LogP contribution in [0.3, 0.4) is 0 Å². The van der Waals surface area contributed by atoms with Crippen molar-refractivity contribution in [3.8, 4) is 0 Å². The third-order valence-corrected chi connectivity index (χ3v) is 9.65. The van der Waals surface area contributed by atoms with Crippen molar-refractivity contribution in [2.45, 2.75) is 76.4 Å². The van der Waals surface area contributed by atoms with Gasteiger partial charge in [0.15, 0.2) is 0 Å². The lowest BCUT2D eigenvalue weighted by atomic mass is 9.83. The van der Waals surface area contributed by atoms with Gasteiger partial charge in [-0.15, -0.1) is 0 Å². The summed E-state index contributed by atoms with van der Waals surface area (Å²) in [5.41, 5.74) is 2.33. The van der Waals surface area contributed by atoms with Crippen molar-refractivity contribution in [1.29, 1.82) is 0 Å². The van der Waals surface area contributed by atoms with E-state index in [1.165, 1.54) is 0 Å². The maximum Gasteiger partial charge on any atom is 0.253 e. The Balaban J connectivity index is 1.38. The van der Waals surface area contributed by atoms with Crippen molar-refractivity contribution in [1.82, 2.24) is 20.4 Å². The number of hydrogen-bond acceptors (Lipinski definition) is 5. The van der Waals surface area contributed by atoms with Crippen LogP contribution in [0.4, 0.5) is 0 Å². The molecule has 2 aliphatic rings. The van der Waals surface area contributed by atoms with E-state index in [2.05, 4.69) is 22.8 Å². The fourth-order valence-electron chi connectivity index (χ4n) is 6.84. The van der Waals surface area contributed by atoms with Crippen LogP contribution in [0.1, 0.15) is 78.1 Å². The third-order valence-electron chi connectivity index (χ3n) is 9.65. The Hall–Kier alpha value is -4.04. The van der Waals surface area contributed by atoms with Gasteiger partial charge in [0, 0.05) is 36.8 Å². The number of rotatable bonds is 12. The normalized spacial score (nSPS) is 18.4. The molecule has 1 aliphatic carbocycles. The first-order valence-electron chi connectivity index (χ1n) is 16.5. The molecular weight excluding hydrogens is 564 g/mol. The molecule has 5 rings (SSSR count). The second-order valence-electron chi connectivity index (χ2n) is 12.6. The lowest BCUT2D eigenvalue weighted by Crippen LogP contribution is -2.57. The number of carbonyl (C=O) groups excluding carboxylic acids is 4. The summed E-state index contributed by atoms with van der Waals surface area (Å²) in [7, 11) is 1.75. The van der Waals surface area contributed by atoms with Crippen LogP contribution in [0.25, 0.3) is 10.8 Å². The molecule has 3 aromatic rings. The molecule has 2 unspecified atom stereocenters. The van der Waals surface area contributed by atoms with Crippen LogP contribution in [-0.4, -0.2) is 78.6 Å². The average Bonchev–Trinajstić information content (AvgIpc) is 3.56. The predicted octanol–water partition coefficient (Wildman–Crippen LogP) is 5.00. The Morgan fingerprint density at radius 1 is 0.933 bits per heavy atom. The second-order valence-corrected chi connectivity index (χ2v) is 12.6. The van der Waals surface area contributed by atoms with E-state index in [4.69, 9.17) is 0 Å². The molecular formula is C37H46N4O4. The van der Waals surface area contributed by atoms with Crippen LogP contribution in [-0.2, 0) is 16.0 Å². The van der Waals surface area contributed by atoms with Gasteiger partial charge in [-0.05, 0) is 86.5 Å². The number of fused-ring (bicyclic) bond motifs is 1. The molecule has 45 heavy (non-hydrogen) atoms. The molecule has 8 heteroatoms. The molecule has 3 aromatic carbocycles. The summed E-state index contributed by atoms with van der Waals surface area (Å²) in [4.78, 5) is 56.5. The Kier molecular flexibility index (Phi) is 11.0. The van der Waals surface area contributed by atoms with Gasteiger partial charge in [-0.3, -0.25) is 19.2 Å². The maximum absolute atomic E-state index is 14.3. The zero-order valence-corrected chi connectivity index (χ0v) is 26.5. The number of nitrogens with zero attached hydrogens (tertiary/aromatic N) is 2. The predicted molar refractivity (Wildman–Crippen MR) is 177 cm³/mol. The Labute approximate surface area is 266 Å². The summed E-state index contributed by atoms with van der Waals surface area (Å²) in [6.45, 7) is 3.38. The summed E-state index contributed by atoms with van der Waals surface area (Å²) < 4.78 is 0. The molecule has 1 saturated carbocycles. The topological polar surface area (TPSA) is 98.8 Å². The van der Waals surface area contributed by atoms with Gasteiger partial charge in [-0.2, -0.15) is 0 Å². The van der Waals surface area contributed by atoms with Gasteiger partial charge in [-0.1, -0.05) is 67.8 Å². The first-order valence-corrected chi connectivity index (χ1v) is 16.5. The van der Waals surface area contributed by atoms with Gasteiger partial charge in [0.1, 0.15) is 12.3 Å². The van der Waals surface area contributed by atoms with Crippen LogP contribution in [0, 0.1) is 5.92 Å². The first kappa shape index (κ1) is 32.4. The molecule has 2 fully saturated rings. The standard InChI is InChI=1S/C37H46N4O4/c1-26(38-2)35(43)39-34(29-12-7-4-8-13-29)37(45)41-20-9-14-33(41)24-40(21-19-27-10-5-3-6-11-27)36(44)32-18-17-30-22-28(25-42)15-16-31(30)23-32/h3,5-6,10-11,15-18,22-23,25-26,29,33-34,38H,4,7-9,12-14,19-21,24H2,1-2H3,(H,39,43)/t26-,33?,34?/m0/s1. The Morgan fingerprint density at radius 2 is 1.67 bits per heavy atom. The Morgan fingerprint density at radius 3 is 2.40 bits per heavy atom. The Bertz CT molecular complexity index is 1490. The fraction of sp³-hybridized carbons (Fsp3) is 0.459. The minimum absolute atomic E-state index is 0.0202. The fourth-order valence-corrected chi connectivity index (χ4v) is 6.84. The highest BCUT2D eigenvalue weighted by Crippen LogP contribution is 2.30. The first-order chi connectivity index (χ1) is 21.9. The van der Waals surface area contributed by atoms with Gasteiger partial charge in [0.05, 0.1) is 6.04 Å². The van der Waals surface area contributed by atoms with Crippen molar-refractivity contribution in [3.05, 3.63) is 83.4 Å². The summed E-state index contributed by atoms with van der Waals surface area (Å²) >= 11 is 0. The van der Waals surface area contributed by atoms with Crippen LogP contribution in [0.5, 0.6) is 0 Å². The summed E-state index contributed by atoms with van der Waals surface area (Å²) in [5, 5.41) is 7.91. The van der Waals surface area contributed by atoms with Crippen molar-refractivity contribution < 1.29 is 19.2 Å². The lowest BCUT2D eigenvalue weighted by Gasteiger charge is -2.37. The van der Waals surface area contributed by atoms with Crippen LogP contribution in [0.15, 0.2) is 66.7 Å². The molecule has 0 aromatic heterocycles. The molecule has 0 radical (unpaired) electrons. The number of benzene rings is 3. The number of carbonyl (C=O) groups is 4. The van der Waals surface area contributed by atoms with Crippen molar-refractivity contribution in [2.75, 3.05) is 26.7 Å². The number of nitrogens with one attached hydrogen (secondary N) is 2. The lowest BCUT2D eigenvalue weighted by molar-refractivity contribution is -0.139. The molecule has 3 atom stereocenters. The van der Waals surface area contributed by atoms with Gasteiger partial charge in [-0.25, -0.2) is 0 Å². The number of likely N-dealkylation sites (N-methyl/N-ethyl adjacent to an activating group) is 1. The van der Waals surface area contributed by atoms with E-state index < -0.39 is 12.1 Å². The molecule has 8 nitrogen and oxygen atoms in total. The summed E-state index contributed by atoms with van der Waals surface area (Å²) in [6.07, 6.45) is 8.36. The highest BCUT2D eigenvalue weighted by Gasteiger charge is 2.39. The quantitative estimate of drug-likeness (QED) is 0.281. The molecule has 1 saturated heterocycles. The van der Waals surface area contributed by atoms with E-state index in [9.17, 15) is 19.2 Å². The molecule has 3 amide bonds. The molecule has 1 heterocycles. The van der Waals surface area contributed by atoms with E-state index in [1.54, 1.807) is 20.0 Å². The summed E-state index contributed by atoms with van der Waals surface area (Å²) in [5.74, 6) is -0.137. The van der Waals surface area contributed by atoms with Gasteiger partial charge >= 0.3 is 0 Å². The van der Waals surface area contributed by atoms with E-state index in [0.717, 1.165) is 67.6 Å². The van der Waals surface area contributed by atoms with Crippen LogP contribution in [0.2, 0.25) is 0 Å². The molecule has 1 aliphatic heterocycles. The number of aldehydes is 1. The second kappa shape index (κ2) is 15.3. The molecule has 2 N–H and O–H groups in total. The minimum atomic E-state index is -0.556. The zero-order valence-electron chi connectivity index (χ0n) is 26.5. The summed E-state index contributed by atoms with van der Waals surface area (Å²) in [6, 6.07) is 20.1. The van der Waals surface area contributed by atoms with Crippen LogP contribution < -0.4 is 10.6 Å². The minimum Gasteiger partial charge on any atom is -0.343 e. The molecule has 0 bridgehead atoms. The molecule has 0 spiro atoms. The number of hydrogen-bond donors (Lipinski definition) is 2. The van der Waals surface area contributed by atoms with Gasteiger partial charge in [0.2, 0.25) is 11.8 Å². The van der Waals surface area contributed by atoms with Gasteiger partial charge < -0.3 is 20.4 Å². The highest BCUT2D eigenvalue weighted by atomic mass is 16.2. The number of likely N-dealkylation sites (tertiary alicyclic amines) is 1. The third kappa shape index (κ3) is 7.98. The highest BCUT2D eigenvalue weighted by molar-refractivity contribution is 5.99. The van der Waals surface area contributed by atoms with Gasteiger partial charge in [0.25, 0.3) is 5.91 Å². The van der Waals surface area contributed by atoms with E-state index in [1.807, 2.05) is 58.3 Å². The largest absolute Gasteiger partial charge is 0.343 e. The SMILES string of the molecule is CN[C@@H](C)C(=O)NC(C(=O)N1CCCC1CN(CCc1ccccc1)C(=O)c1ccc2cc(C=O)ccc2c1)C1CCCCC1. The zero-order chi connectivity index (χ0) is 31.8. The van der Waals surface area contributed by atoms with E-state index in [0.29, 0.717) is 37.2 Å². The van der Waals surface area contributed by atoms with Crippen molar-refractivity contribution in [3.63, 3.8) is 0 Å². The number of amides is 3. The van der Waals surface area contributed by atoms with E-state index in [-0.39, 0.29) is 29.7 Å².